The van der Waals surface area contributed by atoms with Crippen LogP contribution in [-0.2, 0) is 4.79 Å². The van der Waals surface area contributed by atoms with Crippen LogP contribution in [0.2, 0.25) is 0 Å². The third-order valence-electron chi connectivity index (χ3n) is 5.88. The second-order valence-corrected chi connectivity index (χ2v) is 8.70. The van der Waals surface area contributed by atoms with Gasteiger partial charge in [-0.15, -0.1) is 10.2 Å². The van der Waals surface area contributed by atoms with Gasteiger partial charge >= 0.3 is 0 Å². The van der Waals surface area contributed by atoms with Gasteiger partial charge in [0.25, 0.3) is 5.91 Å². The van der Waals surface area contributed by atoms with Crippen LogP contribution in [0.4, 0.5) is 5.69 Å². The highest BCUT2D eigenvalue weighted by molar-refractivity contribution is 7.13. The molecule has 8 nitrogen and oxygen atoms in total. The third kappa shape index (κ3) is 3.66. The smallest absolute Gasteiger partial charge is 0.286 e. The molecular formula is C20H22N4O4S. The van der Waals surface area contributed by atoms with Crippen LogP contribution in [-0.4, -0.2) is 46.8 Å². The standard InChI is InChI=1S/C20H22N4O4S/c25-17(21-14-4-5-15-16(10-14)28-11-27-15)19-23-22-18(29-19)12-6-8-24(9-7-12)20(26)13-2-1-3-13/h4-5,10,12-13H,1-3,6-9,11H2,(H,21,25). The van der Waals surface area contributed by atoms with E-state index < -0.39 is 0 Å². The molecule has 1 aliphatic carbocycles. The maximum atomic E-state index is 12.5. The Morgan fingerprint density at radius 3 is 2.62 bits per heavy atom. The normalized spacial score (nSPS) is 19.1. The Labute approximate surface area is 172 Å². The number of piperidine rings is 1. The molecule has 2 aliphatic heterocycles. The van der Waals surface area contributed by atoms with Gasteiger partial charge in [0.15, 0.2) is 11.5 Å². The first-order chi connectivity index (χ1) is 14.2. The van der Waals surface area contributed by atoms with Gasteiger partial charge in [0.2, 0.25) is 17.7 Å². The lowest BCUT2D eigenvalue weighted by atomic mass is 9.83. The number of nitrogens with zero attached hydrogens (tertiary/aromatic N) is 3. The van der Waals surface area contributed by atoms with Crippen LogP contribution in [0.1, 0.15) is 52.8 Å². The van der Waals surface area contributed by atoms with Gasteiger partial charge in [-0.1, -0.05) is 17.8 Å². The van der Waals surface area contributed by atoms with E-state index in [0.29, 0.717) is 28.1 Å². The largest absolute Gasteiger partial charge is 0.454 e. The van der Waals surface area contributed by atoms with Crippen molar-refractivity contribution in [2.75, 3.05) is 25.2 Å². The summed E-state index contributed by atoms with van der Waals surface area (Å²) >= 11 is 1.33. The number of aromatic nitrogens is 2. The van der Waals surface area contributed by atoms with Gasteiger partial charge in [-0.05, 0) is 37.8 Å². The first kappa shape index (κ1) is 18.4. The summed E-state index contributed by atoms with van der Waals surface area (Å²) in [4.78, 5) is 26.9. The highest BCUT2D eigenvalue weighted by Crippen LogP contribution is 2.35. The highest BCUT2D eigenvalue weighted by Gasteiger charge is 2.33. The molecule has 1 aromatic heterocycles. The Morgan fingerprint density at radius 2 is 1.86 bits per heavy atom. The van der Waals surface area contributed by atoms with Crippen molar-refractivity contribution in [2.24, 2.45) is 5.92 Å². The quantitative estimate of drug-likeness (QED) is 0.827. The molecule has 9 heteroatoms. The van der Waals surface area contributed by atoms with Crippen LogP contribution in [0, 0.1) is 5.92 Å². The summed E-state index contributed by atoms with van der Waals surface area (Å²) in [5, 5.41) is 12.4. The van der Waals surface area contributed by atoms with Crippen molar-refractivity contribution in [3.63, 3.8) is 0 Å². The average Bonchev–Trinajstić information content (AvgIpc) is 3.36. The van der Waals surface area contributed by atoms with E-state index in [1.807, 2.05) is 4.90 Å². The van der Waals surface area contributed by atoms with E-state index in [1.54, 1.807) is 18.2 Å². The van der Waals surface area contributed by atoms with E-state index in [0.717, 1.165) is 43.8 Å². The number of ether oxygens (including phenoxy) is 2. The fourth-order valence-electron chi connectivity index (χ4n) is 3.91. The summed E-state index contributed by atoms with van der Waals surface area (Å²) in [5.41, 5.74) is 0.624. The molecule has 2 fully saturated rings. The lowest BCUT2D eigenvalue weighted by Gasteiger charge is -2.36. The lowest BCUT2D eigenvalue weighted by molar-refractivity contribution is -0.139. The van der Waals surface area contributed by atoms with Crippen molar-refractivity contribution in [1.82, 2.24) is 15.1 Å². The van der Waals surface area contributed by atoms with Gasteiger partial charge in [-0.3, -0.25) is 9.59 Å². The predicted octanol–water partition coefficient (Wildman–Crippen LogP) is 3.03. The van der Waals surface area contributed by atoms with E-state index in [2.05, 4.69) is 15.5 Å². The molecule has 1 aromatic carbocycles. The van der Waals surface area contributed by atoms with Gasteiger partial charge in [-0.25, -0.2) is 0 Å². The third-order valence-corrected chi connectivity index (χ3v) is 6.96. The van der Waals surface area contributed by atoms with Crippen molar-refractivity contribution in [2.45, 2.75) is 38.0 Å². The average molecular weight is 414 g/mol. The molecule has 1 saturated carbocycles. The fraction of sp³-hybridized carbons (Fsp3) is 0.500. The summed E-state index contributed by atoms with van der Waals surface area (Å²) in [5.74, 6) is 1.82. The number of amides is 2. The number of likely N-dealkylation sites (tertiary alicyclic amines) is 1. The second-order valence-electron chi connectivity index (χ2n) is 7.70. The molecule has 2 amide bonds. The molecule has 152 valence electrons. The van der Waals surface area contributed by atoms with E-state index in [4.69, 9.17) is 9.47 Å². The van der Waals surface area contributed by atoms with Crippen molar-refractivity contribution in [3.05, 3.63) is 28.2 Å². The number of hydrogen-bond acceptors (Lipinski definition) is 7. The molecule has 1 N–H and O–H groups in total. The van der Waals surface area contributed by atoms with E-state index in [-0.39, 0.29) is 24.5 Å². The summed E-state index contributed by atoms with van der Waals surface area (Å²) in [6.07, 6.45) is 5.00. The number of carbonyl (C=O) groups excluding carboxylic acids is 2. The van der Waals surface area contributed by atoms with Crippen LogP contribution in [0.3, 0.4) is 0 Å². The van der Waals surface area contributed by atoms with E-state index in [9.17, 15) is 9.59 Å². The lowest BCUT2D eigenvalue weighted by Crippen LogP contribution is -2.43. The Kier molecular flexibility index (Phi) is 4.83. The number of anilines is 1. The Balaban J connectivity index is 1.18. The van der Waals surface area contributed by atoms with Crippen LogP contribution >= 0.6 is 11.3 Å². The van der Waals surface area contributed by atoms with Crippen LogP contribution < -0.4 is 14.8 Å². The first-order valence-corrected chi connectivity index (χ1v) is 10.8. The number of rotatable bonds is 4. The molecule has 5 rings (SSSR count). The summed E-state index contributed by atoms with van der Waals surface area (Å²) in [7, 11) is 0. The summed E-state index contributed by atoms with van der Waals surface area (Å²) in [6.45, 7) is 1.72. The molecule has 0 atom stereocenters. The fourth-order valence-corrected chi connectivity index (χ4v) is 4.82. The molecule has 0 radical (unpaired) electrons. The minimum atomic E-state index is -0.287. The van der Waals surface area contributed by atoms with Crippen LogP contribution in [0.15, 0.2) is 18.2 Å². The van der Waals surface area contributed by atoms with E-state index >= 15 is 0 Å². The molecule has 0 unspecified atom stereocenters. The van der Waals surface area contributed by atoms with Crippen molar-refractivity contribution in [3.8, 4) is 11.5 Å². The minimum absolute atomic E-state index is 0.192. The van der Waals surface area contributed by atoms with Gasteiger partial charge in [-0.2, -0.15) is 0 Å². The second kappa shape index (κ2) is 7.62. The first-order valence-electron chi connectivity index (χ1n) is 10.0. The molecule has 0 spiro atoms. The predicted molar refractivity (Wildman–Crippen MR) is 106 cm³/mol. The Bertz CT molecular complexity index is 934. The minimum Gasteiger partial charge on any atom is -0.454 e. The van der Waals surface area contributed by atoms with Gasteiger partial charge in [0, 0.05) is 36.7 Å². The topological polar surface area (TPSA) is 93.7 Å². The van der Waals surface area contributed by atoms with E-state index in [1.165, 1.54) is 17.8 Å². The monoisotopic (exact) mass is 414 g/mol. The van der Waals surface area contributed by atoms with Crippen molar-refractivity contribution >= 4 is 28.8 Å². The highest BCUT2D eigenvalue weighted by atomic mass is 32.1. The maximum absolute atomic E-state index is 12.5. The molecule has 29 heavy (non-hydrogen) atoms. The van der Waals surface area contributed by atoms with Gasteiger partial charge in [0.05, 0.1) is 0 Å². The Morgan fingerprint density at radius 1 is 1.07 bits per heavy atom. The summed E-state index contributed by atoms with van der Waals surface area (Å²) in [6, 6.07) is 5.27. The number of hydrogen-bond donors (Lipinski definition) is 1. The van der Waals surface area contributed by atoms with Gasteiger partial charge in [0.1, 0.15) is 5.01 Å². The maximum Gasteiger partial charge on any atom is 0.286 e. The number of carbonyl (C=O) groups is 2. The molecule has 3 aliphatic rings. The van der Waals surface area contributed by atoms with Crippen molar-refractivity contribution in [1.29, 1.82) is 0 Å². The Hall–Kier alpha value is -2.68. The van der Waals surface area contributed by atoms with Crippen LogP contribution in [0.5, 0.6) is 11.5 Å². The zero-order valence-corrected chi connectivity index (χ0v) is 16.7. The molecule has 2 aromatic rings. The molecule has 3 heterocycles. The SMILES string of the molecule is O=C(Nc1ccc2c(c1)OCO2)c1nnc(C2CCN(C(=O)C3CCC3)CC2)s1. The molecule has 0 bridgehead atoms. The van der Waals surface area contributed by atoms with Crippen molar-refractivity contribution < 1.29 is 19.1 Å². The number of fused-ring (bicyclic) bond motifs is 1. The molecular weight excluding hydrogens is 392 g/mol. The summed E-state index contributed by atoms with van der Waals surface area (Å²) < 4.78 is 10.6. The zero-order valence-electron chi connectivity index (χ0n) is 15.9. The molecule has 1 saturated heterocycles. The zero-order chi connectivity index (χ0) is 19.8. The number of nitrogens with one attached hydrogen (secondary N) is 1. The van der Waals surface area contributed by atoms with Gasteiger partial charge < -0.3 is 19.7 Å². The number of benzene rings is 1. The van der Waals surface area contributed by atoms with Crippen LogP contribution in [0.25, 0.3) is 0 Å².